The van der Waals surface area contributed by atoms with Crippen molar-refractivity contribution in [2.75, 3.05) is 19.1 Å². The van der Waals surface area contributed by atoms with Crippen LogP contribution in [0.1, 0.15) is 6.42 Å². The maximum Gasteiger partial charge on any atom is 0.178 e. The minimum absolute atomic E-state index is 0.769. The molecule has 0 aliphatic rings. The van der Waals surface area contributed by atoms with Gasteiger partial charge in [-0.05, 0) is 42.8 Å². The molecule has 2 aromatic rings. The van der Waals surface area contributed by atoms with Crippen LogP contribution in [0.15, 0.2) is 18.2 Å². The summed E-state index contributed by atoms with van der Waals surface area (Å²) in [6, 6.07) is 6.01. The van der Waals surface area contributed by atoms with Gasteiger partial charge in [-0.15, -0.1) is 0 Å². The van der Waals surface area contributed by atoms with Gasteiger partial charge in [0.2, 0.25) is 0 Å². The summed E-state index contributed by atoms with van der Waals surface area (Å²) in [5.74, 6) is 2.00. The van der Waals surface area contributed by atoms with Gasteiger partial charge in [-0.3, -0.25) is 0 Å². The Bertz CT molecular complexity index is 559. The van der Waals surface area contributed by atoms with E-state index in [4.69, 9.17) is 17.0 Å². The van der Waals surface area contributed by atoms with Crippen LogP contribution in [0.3, 0.4) is 0 Å². The molecule has 0 saturated carbocycles. The van der Waals surface area contributed by atoms with Gasteiger partial charge in [0.15, 0.2) is 4.77 Å². The third-order valence-electron chi connectivity index (χ3n) is 2.72. The van der Waals surface area contributed by atoms with Crippen molar-refractivity contribution in [2.45, 2.75) is 13.0 Å². The van der Waals surface area contributed by atoms with Crippen LogP contribution in [0.25, 0.3) is 11.0 Å². The first-order chi connectivity index (χ1) is 8.27. The number of nitrogens with zero attached hydrogens (tertiary/aromatic N) is 1. The minimum atomic E-state index is 0.769. The maximum absolute atomic E-state index is 5.36. The first kappa shape index (κ1) is 12.5. The molecule has 0 amide bonds. The smallest absolute Gasteiger partial charge is 0.178 e. The highest BCUT2D eigenvalue weighted by molar-refractivity contribution is 7.98. The fourth-order valence-corrected chi connectivity index (χ4v) is 2.62. The van der Waals surface area contributed by atoms with Gasteiger partial charge in [0.25, 0.3) is 0 Å². The highest BCUT2D eigenvalue weighted by Crippen LogP contribution is 2.24. The normalized spacial score (nSPS) is 10.9. The number of rotatable bonds is 5. The highest BCUT2D eigenvalue weighted by atomic mass is 32.2. The molecule has 0 aliphatic carbocycles. The summed E-state index contributed by atoms with van der Waals surface area (Å²) in [6.07, 6.45) is 3.25. The van der Waals surface area contributed by atoms with Crippen LogP contribution in [0.2, 0.25) is 0 Å². The number of fused-ring (bicyclic) bond motifs is 1. The number of benzene rings is 1. The molecule has 0 radical (unpaired) electrons. The van der Waals surface area contributed by atoms with E-state index >= 15 is 0 Å². The molecule has 17 heavy (non-hydrogen) atoms. The van der Waals surface area contributed by atoms with E-state index in [-0.39, 0.29) is 0 Å². The van der Waals surface area contributed by atoms with Crippen molar-refractivity contribution < 1.29 is 4.74 Å². The average Bonchev–Trinajstić information content (AvgIpc) is 2.66. The molecular weight excluding hydrogens is 252 g/mol. The Labute approximate surface area is 110 Å². The lowest BCUT2D eigenvalue weighted by Gasteiger charge is -2.04. The van der Waals surface area contributed by atoms with Crippen molar-refractivity contribution in [2.24, 2.45) is 0 Å². The molecule has 0 aliphatic heterocycles. The Kier molecular flexibility index (Phi) is 4.12. The van der Waals surface area contributed by atoms with Crippen LogP contribution in [0, 0.1) is 4.77 Å². The van der Waals surface area contributed by atoms with E-state index < -0.39 is 0 Å². The number of aromatic amines is 1. The van der Waals surface area contributed by atoms with Gasteiger partial charge < -0.3 is 14.3 Å². The number of methoxy groups -OCH3 is 1. The quantitative estimate of drug-likeness (QED) is 0.665. The maximum atomic E-state index is 5.36. The zero-order valence-corrected chi connectivity index (χ0v) is 11.7. The largest absolute Gasteiger partial charge is 0.494 e. The molecule has 0 bridgehead atoms. The van der Waals surface area contributed by atoms with E-state index in [1.165, 1.54) is 0 Å². The minimum Gasteiger partial charge on any atom is -0.494 e. The van der Waals surface area contributed by atoms with E-state index in [0.29, 0.717) is 0 Å². The van der Waals surface area contributed by atoms with E-state index in [0.717, 1.165) is 40.3 Å². The molecule has 0 unspecified atom stereocenters. The van der Waals surface area contributed by atoms with Crippen LogP contribution in [0.4, 0.5) is 0 Å². The predicted molar refractivity (Wildman–Crippen MR) is 76.7 cm³/mol. The van der Waals surface area contributed by atoms with Crippen LogP contribution >= 0.6 is 24.0 Å². The van der Waals surface area contributed by atoms with Crippen molar-refractivity contribution in [3.63, 3.8) is 0 Å². The van der Waals surface area contributed by atoms with Crippen molar-refractivity contribution >= 4 is 35.0 Å². The number of hydrogen-bond donors (Lipinski definition) is 1. The van der Waals surface area contributed by atoms with Crippen molar-refractivity contribution in [3.8, 4) is 5.75 Å². The molecule has 2 rings (SSSR count). The molecule has 1 heterocycles. The Balaban J connectivity index is 2.42. The Hall–Kier alpha value is -0.940. The van der Waals surface area contributed by atoms with E-state index in [2.05, 4.69) is 21.9 Å². The van der Waals surface area contributed by atoms with Gasteiger partial charge in [-0.1, -0.05) is 6.07 Å². The first-order valence-electron chi connectivity index (χ1n) is 5.52. The number of para-hydroxylation sites is 1. The second-order valence-corrected chi connectivity index (χ2v) is 5.15. The number of aromatic nitrogens is 2. The van der Waals surface area contributed by atoms with Crippen LogP contribution in [0.5, 0.6) is 5.75 Å². The number of ether oxygens (including phenoxy) is 1. The lowest BCUT2D eigenvalue weighted by Crippen LogP contribution is -1.98. The van der Waals surface area contributed by atoms with Crippen LogP contribution < -0.4 is 4.74 Å². The lowest BCUT2D eigenvalue weighted by molar-refractivity contribution is 0.419. The molecule has 0 atom stereocenters. The molecule has 92 valence electrons. The number of aryl methyl sites for hydroxylation is 1. The van der Waals surface area contributed by atoms with Gasteiger partial charge in [0, 0.05) is 6.54 Å². The van der Waals surface area contributed by atoms with E-state index in [9.17, 15) is 0 Å². The number of H-pyrrole nitrogens is 1. The highest BCUT2D eigenvalue weighted by Gasteiger charge is 2.07. The van der Waals surface area contributed by atoms with Crippen LogP contribution in [-0.2, 0) is 6.54 Å². The predicted octanol–water partition coefficient (Wildman–Crippen LogP) is 3.46. The number of hydrogen-bond acceptors (Lipinski definition) is 3. The number of imidazole rings is 1. The number of thioether (sulfide) groups is 1. The molecule has 1 aromatic heterocycles. The zero-order chi connectivity index (χ0) is 12.3. The van der Waals surface area contributed by atoms with Gasteiger partial charge in [0.1, 0.15) is 11.3 Å². The molecule has 1 N–H and O–H groups in total. The topological polar surface area (TPSA) is 29.9 Å². The van der Waals surface area contributed by atoms with Crippen molar-refractivity contribution in [1.29, 1.82) is 0 Å². The summed E-state index contributed by atoms with van der Waals surface area (Å²) in [6.45, 7) is 0.951. The third kappa shape index (κ3) is 2.50. The molecule has 0 saturated heterocycles. The monoisotopic (exact) mass is 268 g/mol. The van der Waals surface area contributed by atoms with Gasteiger partial charge in [-0.2, -0.15) is 11.8 Å². The van der Waals surface area contributed by atoms with Crippen molar-refractivity contribution in [1.82, 2.24) is 9.55 Å². The van der Waals surface area contributed by atoms with Gasteiger partial charge in [0.05, 0.1) is 12.6 Å². The molecule has 0 spiro atoms. The van der Waals surface area contributed by atoms with Gasteiger partial charge >= 0.3 is 0 Å². The second kappa shape index (κ2) is 5.60. The molecular formula is C12H16N2OS2. The second-order valence-electron chi connectivity index (χ2n) is 3.78. The summed E-state index contributed by atoms with van der Waals surface area (Å²) in [4.78, 5) is 3.22. The average molecular weight is 268 g/mol. The third-order valence-corrected chi connectivity index (χ3v) is 3.74. The fourth-order valence-electron chi connectivity index (χ4n) is 1.91. The van der Waals surface area contributed by atoms with Crippen LogP contribution in [-0.4, -0.2) is 28.7 Å². The standard InChI is InChI=1S/C12H16N2OS2/c1-15-10-6-3-5-9-11(10)13-12(16)14(9)7-4-8-17-2/h3,5-6H,4,7-8H2,1-2H3,(H,13,16). The fraction of sp³-hybridized carbons (Fsp3) is 0.417. The Morgan fingerprint density at radius 2 is 2.29 bits per heavy atom. The Morgan fingerprint density at radius 1 is 1.47 bits per heavy atom. The number of nitrogens with one attached hydrogen (secondary N) is 1. The SMILES string of the molecule is COc1cccc2c1[nH]c(=S)n2CCCSC. The van der Waals surface area contributed by atoms with Gasteiger partial charge in [-0.25, -0.2) is 0 Å². The lowest BCUT2D eigenvalue weighted by atomic mass is 10.3. The molecule has 3 nitrogen and oxygen atoms in total. The molecule has 0 fully saturated rings. The summed E-state index contributed by atoms with van der Waals surface area (Å²) in [7, 11) is 1.68. The molecule has 1 aromatic carbocycles. The van der Waals surface area contributed by atoms with Crippen molar-refractivity contribution in [3.05, 3.63) is 23.0 Å². The molecule has 5 heteroatoms. The Morgan fingerprint density at radius 3 is 3.00 bits per heavy atom. The van der Waals surface area contributed by atoms with E-state index in [1.807, 2.05) is 23.9 Å². The summed E-state index contributed by atoms with van der Waals surface area (Å²) >= 11 is 7.22. The van der Waals surface area contributed by atoms with E-state index in [1.54, 1.807) is 7.11 Å². The first-order valence-corrected chi connectivity index (χ1v) is 7.32. The summed E-state index contributed by atoms with van der Waals surface area (Å²) in [5, 5.41) is 0. The zero-order valence-electron chi connectivity index (χ0n) is 10.0. The summed E-state index contributed by atoms with van der Waals surface area (Å²) < 4.78 is 8.24. The summed E-state index contributed by atoms with van der Waals surface area (Å²) in [5.41, 5.74) is 2.11.